The number of anilines is 1. The van der Waals surface area contributed by atoms with Crippen LogP contribution in [0.4, 0.5) is 5.00 Å². The number of rotatable bonds is 1. The van der Waals surface area contributed by atoms with Crippen molar-refractivity contribution in [1.29, 1.82) is 0 Å². The molecule has 60 valence electrons. The highest BCUT2D eigenvalue weighted by Gasteiger charge is 2.11. The summed E-state index contributed by atoms with van der Waals surface area (Å²) < 4.78 is 5.24. The summed E-state index contributed by atoms with van der Waals surface area (Å²) >= 11 is 1.69. The van der Waals surface area contributed by atoms with Crippen molar-refractivity contribution in [3.63, 3.8) is 0 Å². The van der Waals surface area contributed by atoms with Crippen LogP contribution in [0.2, 0.25) is 0 Å². The molecule has 1 aliphatic heterocycles. The molecule has 2 heterocycles. The van der Waals surface area contributed by atoms with E-state index in [9.17, 15) is 0 Å². The van der Waals surface area contributed by atoms with Crippen molar-refractivity contribution in [3.05, 3.63) is 11.7 Å². The molecule has 1 saturated heterocycles. The van der Waals surface area contributed by atoms with Gasteiger partial charge in [0, 0.05) is 13.1 Å². The molecule has 4 heteroatoms. The van der Waals surface area contributed by atoms with Crippen LogP contribution in [0.15, 0.2) is 11.7 Å². The van der Waals surface area contributed by atoms with Crippen molar-refractivity contribution in [1.82, 2.24) is 4.98 Å². The Morgan fingerprint density at radius 2 is 2.27 bits per heavy atom. The average molecular weight is 170 g/mol. The zero-order valence-corrected chi connectivity index (χ0v) is 7.01. The first-order valence-electron chi connectivity index (χ1n) is 3.68. The molecule has 0 spiro atoms. The van der Waals surface area contributed by atoms with Gasteiger partial charge in [-0.1, -0.05) is 0 Å². The highest BCUT2D eigenvalue weighted by molar-refractivity contribution is 7.13. The summed E-state index contributed by atoms with van der Waals surface area (Å²) in [6.07, 6.45) is 1.91. The SMILES string of the molecule is c1ncc(N2CCOCC2)s1. The van der Waals surface area contributed by atoms with Crippen LogP contribution in [0.3, 0.4) is 0 Å². The lowest BCUT2D eigenvalue weighted by molar-refractivity contribution is 0.123. The zero-order valence-electron chi connectivity index (χ0n) is 6.19. The number of hydrogen-bond donors (Lipinski definition) is 0. The maximum absolute atomic E-state index is 5.24. The van der Waals surface area contributed by atoms with Crippen LogP contribution < -0.4 is 4.90 Å². The number of aromatic nitrogens is 1. The summed E-state index contributed by atoms with van der Waals surface area (Å²) in [5.41, 5.74) is 1.87. The van der Waals surface area contributed by atoms with Crippen LogP contribution in [0.5, 0.6) is 0 Å². The molecular formula is C7H10N2OS. The minimum atomic E-state index is 0.845. The van der Waals surface area contributed by atoms with E-state index in [-0.39, 0.29) is 0 Å². The molecule has 0 bridgehead atoms. The topological polar surface area (TPSA) is 25.4 Å². The largest absolute Gasteiger partial charge is 0.378 e. The third kappa shape index (κ3) is 1.52. The minimum absolute atomic E-state index is 0.845. The maximum Gasteiger partial charge on any atom is 0.111 e. The fourth-order valence-electron chi connectivity index (χ4n) is 1.15. The first kappa shape index (κ1) is 7.06. The van der Waals surface area contributed by atoms with Gasteiger partial charge in [0.05, 0.1) is 24.9 Å². The molecule has 0 aliphatic carbocycles. The van der Waals surface area contributed by atoms with Gasteiger partial charge >= 0.3 is 0 Å². The number of hydrogen-bond acceptors (Lipinski definition) is 4. The predicted octanol–water partition coefficient (Wildman–Crippen LogP) is 0.980. The normalized spacial score (nSPS) is 18.7. The van der Waals surface area contributed by atoms with Gasteiger partial charge in [-0.25, -0.2) is 0 Å². The van der Waals surface area contributed by atoms with Crippen LogP contribution in [0.1, 0.15) is 0 Å². The molecule has 0 radical (unpaired) electrons. The third-order valence-electron chi connectivity index (χ3n) is 1.74. The molecule has 0 amide bonds. The molecule has 1 aromatic rings. The Morgan fingerprint density at radius 1 is 1.45 bits per heavy atom. The van der Waals surface area contributed by atoms with Gasteiger partial charge < -0.3 is 9.64 Å². The Labute approximate surface area is 69.6 Å². The Hall–Kier alpha value is -0.610. The van der Waals surface area contributed by atoms with Crippen LogP contribution in [0, 0.1) is 0 Å². The second-order valence-corrected chi connectivity index (χ2v) is 3.30. The number of morpholine rings is 1. The van der Waals surface area contributed by atoms with Crippen molar-refractivity contribution in [3.8, 4) is 0 Å². The molecule has 0 atom stereocenters. The second kappa shape index (κ2) is 3.19. The van der Waals surface area contributed by atoms with Gasteiger partial charge in [0.1, 0.15) is 5.00 Å². The molecule has 1 fully saturated rings. The fraction of sp³-hybridized carbons (Fsp3) is 0.571. The molecule has 11 heavy (non-hydrogen) atoms. The average Bonchev–Trinajstić information content (AvgIpc) is 2.58. The van der Waals surface area contributed by atoms with Crippen molar-refractivity contribution < 1.29 is 4.74 Å². The van der Waals surface area contributed by atoms with E-state index in [4.69, 9.17) is 4.74 Å². The van der Waals surface area contributed by atoms with Crippen molar-refractivity contribution in [2.45, 2.75) is 0 Å². The van der Waals surface area contributed by atoms with Gasteiger partial charge in [0.15, 0.2) is 0 Å². The van der Waals surface area contributed by atoms with Crippen LogP contribution in [-0.2, 0) is 4.74 Å². The van der Waals surface area contributed by atoms with Crippen molar-refractivity contribution in [2.24, 2.45) is 0 Å². The molecule has 1 aliphatic rings. The monoisotopic (exact) mass is 170 g/mol. The van der Waals surface area contributed by atoms with E-state index in [1.165, 1.54) is 5.00 Å². The number of nitrogens with zero attached hydrogens (tertiary/aromatic N) is 2. The van der Waals surface area contributed by atoms with Crippen molar-refractivity contribution in [2.75, 3.05) is 31.2 Å². The number of ether oxygens (including phenoxy) is 1. The zero-order chi connectivity index (χ0) is 7.52. The molecule has 0 aromatic carbocycles. The van der Waals surface area contributed by atoms with E-state index in [0.717, 1.165) is 26.3 Å². The molecular weight excluding hydrogens is 160 g/mol. The van der Waals surface area contributed by atoms with Crippen molar-refractivity contribution >= 4 is 16.3 Å². The molecule has 3 nitrogen and oxygen atoms in total. The summed E-state index contributed by atoms with van der Waals surface area (Å²) in [7, 11) is 0. The first-order chi connectivity index (χ1) is 5.47. The molecule has 0 saturated carbocycles. The summed E-state index contributed by atoms with van der Waals surface area (Å²) in [5, 5.41) is 1.26. The maximum atomic E-state index is 5.24. The standard InChI is InChI=1S/C7H10N2OS/c1-3-10-4-2-9(1)7-5-8-6-11-7/h5-6H,1-4H2. The van der Waals surface area contributed by atoms with E-state index in [2.05, 4.69) is 9.88 Å². The molecule has 1 aromatic heterocycles. The van der Waals surface area contributed by atoms with Gasteiger partial charge in [-0.15, -0.1) is 11.3 Å². The Morgan fingerprint density at radius 3 is 2.91 bits per heavy atom. The predicted molar refractivity (Wildman–Crippen MR) is 45.1 cm³/mol. The number of thiazole rings is 1. The van der Waals surface area contributed by atoms with E-state index in [1.807, 2.05) is 11.7 Å². The Bertz CT molecular complexity index is 206. The highest BCUT2D eigenvalue weighted by atomic mass is 32.1. The highest BCUT2D eigenvalue weighted by Crippen LogP contribution is 2.19. The Balaban J connectivity index is 2.04. The quantitative estimate of drug-likeness (QED) is 0.628. The fourth-order valence-corrected chi connectivity index (χ4v) is 1.83. The van der Waals surface area contributed by atoms with E-state index in [0.29, 0.717) is 0 Å². The van der Waals surface area contributed by atoms with Crippen LogP contribution >= 0.6 is 11.3 Å². The lowest BCUT2D eigenvalue weighted by Crippen LogP contribution is -2.35. The lowest BCUT2D eigenvalue weighted by Gasteiger charge is -2.26. The second-order valence-electron chi connectivity index (χ2n) is 2.44. The molecule has 0 unspecified atom stereocenters. The molecule has 0 N–H and O–H groups in total. The summed E-state index contributed by atoms with van der Waals surface area (Å²) in [6.45, 7) is 3.69. The van der Waals surface area contributed by atoms with Crippen LogP contribution in [-0.4, -0.2) is 31.3 Å². The van der Waals surface area contributed by atoms with Gasteiger partial charge in [-0.3, -0.25) is 4.98 Å². The summed E-state index contributed by atoms with van der Waals surface area (Å²) in [5.74, 6) is 0. The van der Waals surface area contributed by atoms with Gasteiger partial charge in [0.2, 0.25) is 0 Å². The lowest BCUT2D eigenvalue weighted by atomic mass is 10.4. The minimum Gasteiger partial charge on any atom is -0.378 e. The van der Waals surface area contributed by atoms with Gasteiger partial charge in [-0.2, -0.15) is 0 Å². The van der Waals surface area contributed by atoms with Crippen LogP contribution in [0.25, 0.3) is 0 Å². The first-order valence-corrected chi connectivity index (χ1v) is 4.56. The smallest absolute Gasteiger partial charge is 0.111 e. The van der Waals surface area contributed by atoms with Gasteiger partial charge in [-0.05, 0) is 0 Å². The van der Waals surface area contributed by atoms with Gasteiger partial charge in [0.25, 0.3) is 0 Å². The third-order valence-corrected chi connectivity index (χ3v) is 2.57. The summed E-state index contributed by atoms with van der Waals surface area (Å²) in [6, 6.07) is 0. The van der Waals surface area contributed by atoms with E-state index >= 15 is 0 Å². The molecule has 2 rings (SSSR count). The summed E-state index contributed by atoms with van der Waals surface area (Å²) in [4.78, 5) is 6.34. The Kier molecular flexibility index (Phi) is 2.05. The van der Waals surface area contributed by atoms with E-state index < -0.39 is 0 Å². The van der Waals surface area contributed by atoms with E-state index in [1.54, 1.807) is 11.3 Å².